The van der Waals surface area contributed by atoms with Crippen LogP contribution in [0.1, 0.15) is 10.4 Å². The molecule has 0 spiro atoms. The maximum atomic E-state index is 14.3. The van der Waals surface area contributed by atoms with Crippen LogP contribution in [0.4, 0.5) is 4.39 Å². The van der Waals surface area contributed by atoms with Crippen LogP contribution in [-0.4, -0.2) is 120 Å². The summed E-state index contributed by atoms with van der Waals surface area (Å²) in [6, 6.07) is 4.31. The predicted molar refractivity (Wildman–Crippen MR) is 161 cm³/mol. The van der Waals surface area contributed by atoms with Crippen molar-refractivity contribution in [3.8, 4) is 16.5 Å². The molecule has 1 amide bonds. The van der Waals surface area contributed by atoms with E-state index in [4.69, 9.17) is 0 Å². The fraction of sp³-hybridized carbons (Fsp3) is 0.429. The topological polar surface area (TPSA) is 120 Å². The van der Waals surface area contributed by atoms with E-state index in [0.717, 1.165) is 31.1 Å². The summed E-state index contributed by atoms with van der Waals surface area (Å²) in [4.78, 5) is 42.3. The molecule has 1 N–H and O–H groups in total. The minimum absolute atomic E-state index is 0.0117. The van der Waals surface area contributed by atoms with E-state index in [1.807, 2.05) is 18.4 Å². The monoisotopic (exact) mass is 628 g/mol. The molecule has 1 atom stereocenters. The first-order valence-corrected chi connectivity index (χ1v) is 16.0. The van der Waals surface area contributed by atoms with Crippen molar-refractivity contribution in [3.63, 3.8) is 0 Å². The molecule has 5 heterocycles. The van der Waals surface area contributed by atoms with Crippen molar-refractivity contribution in [2.24, 2.45) is 0 Å². The number of amides is 1. The number of hydrogen-bond acceptors (Lipinski definition) is 9. The average Bonchev–Trinajstić information content (AvgIpc) is 3.63. The predicted octanol–water partition coefficient (Wildman–Crippen LogP) is 1.10. The van der Waals surface area contributed by atoms with E-state index in [9.17, 15) is 23.3 Å². The Morgan fingerprint density at radius 3 is 2.47 bits per heavy atom. The summed E-state index contributed by atoms with van der Waals surface area (Å²) in [6.07, 6.45) is 5.04. The average molecular weight is 629 g/mol. The van der Waals surface area contributed by atoms with Crippen LogP contribution >= 0.6 is 11.3 Å². The maximum absolute atomic E-state index is 14.3. The Bertz CT molecular complexity index is 1740. The summed E-state index contributed by atoms with van der Waals surface area (Å²) in [5.74, 6) is -0.848. The van der Waals surface area contributed by atoms with Crippen LogP contribution < -0.4 is 5.56 Å². The number of nitrogens with zero attached hydrogens (tertiary/aromatic N) is 8. The lowest BCUT2D eigenvalue weighted by atomic mass is 10.1. The van der Waals surface area contributed by atoms with Gasteiger partial charge >= 0.3 is 5.56 Å². The number of hydrogen-bond donors (Lipinski definition) is 1. The molecule has 0 bridgehead atoms. The van der Waals surface area contributed by atoms with Crippen LogP contribution in [0.5, 0.6) is 5.75 Å². The number of aromatic hydroxyl groups is 1. The third kappa shape index (κ3) is 6.13. The lowest BCUT2D eigenvalue weighted by Crippen LogP contribution is -2.48. The van der Waals surface area contributed by atoms with Gasteiger partial charge in [-0.25, -0.2) is 27.3 Å². The number of fused-ring (bicyclic) bond motifs is 1. The highest BCUT2D eigenvalue weighted by Crippen LogP contribution is 2.31. The summed E-state index contributed by atoms with van der Waals surface area (Å²) in [5, 5.41) is 11.1. The number of imidazole rings is 1. The van der Waals surface area contributed by atoms with E-state index in [2.05, 4.69) is 19.8 Å². The first kappa shape index (κ1) is 29.6. The molecule has 228 valence electrons. The highest BCUT2D eigenvalue weighted by molar-refractivity contribution is 7.82. The Kier molecular flexibility index (Phi) is 8.42. The number of carbonyl (C=O) groups excluding carboxylic acids is 1. The van der Waals surface area contributed by atoms with E-state index >= 15 is 0 Å². The number of carbonyl (C=O) groups is 1. The fourth-order valence-electron chi connectivity index (χ4n) is 5.25. The largest absolute Gasteiger partial charge is 0.501 e. The molecular weight excluding hydrogens is 595 g/mol. The van der Waals surface area contributed by atoms with Gasteiger partial charge in [-0.1, -0.05) is 6.07 Å². The summed E-state index contributed by atoms with van der Waals surface area (Å²) >= 11 is 1.23. The molecule has 0 saturated carbocycles. The Hall–Kier alpha value is -3.50. The highest BCUT2D eigenvalue weighted by atomic mass is 32.2. The second-order valence-corrected chi connectivity index (χ2v) is 13.5. The quantitative estimate of drug-likeness (QED) is 0.323. The van der Waals surface area contributed by atoms with Crippen LogP contribution in [-0.2, 0) is 28.7 Å². The number of thiazole rings is 1. The molecular formula is C28H33FN8O4S2. The number of benzene rings is 1. The Balaban J connectivity index is 1.25. The number of rotatable bonds is 7. The van der Waals surface area contributed by atoms with Gasteiger partial charge in [0.1, 0.15) is 28.4 Å². The van der Waals surface area contributed by atoms with Crippen LogP contribution in [0.25, 0.3) is 16.5 Å². The molecule has 2 saturated heterocycles. The van der Waals surface area contributed by atoms with Crippen molar-refractivity contribution < 1.29 is 18.5 Å². The van der Waals surface area contributed by atoms with Gasteiger partial charge in [0, 0.05) is 82.2 Å². The second-order valence-electron chi connectivity index (χ2n) is 10.9. The molecule has 0 aliphatic carbocycles. The van der Waals surface area contributed by atoms with Gasteiger partial charge in [-0.15, -0.1) is 11.3 Å². The van der Waals surface area contributed by atoms with E-state index in [1.54, 1.807) is 27.9 Å². The zero-order valence-corrected chi connectivity index (χ0v) is 25.6. The SMILES string of the molecule is CN1CCN(C(=O)Cn2ccn3c(=O)c(O)c(-c4ncc(Cc5ccc(F)cc5S(=O)N5CCN(C)CC5)s4)nc23)CC1. The Morgan fingerprint density at radius 1 is 1.05 bits per heavy atom. The molecule has 2 aliphatic heterocycles. The summed E-state index contributed by atoms with van der Waals surface area (Å²) in [7, 11) is 2.51. The van der Waals surface area contributed by atoms with Gasteiger partial charge in [-0.05, 0) is 31.8 Å². The van der Waals surface area contributed by atoms with Crippen molar-refractivity contribution in [2.45, 2.75) is 17.9 Å². The van der Waals surface area contributed by atoms with Gasteiger partial charge in [0.15, 0.2) is 5.69 Å². The van der Waals surface area contributed by atoms with E-state index in [-0.39, 0.29) is 23.9 Å². The van der Waals surface area contributed by atoms with Gasteiger partial charge < -0.3 is 24.4 Å². The maximum Gasteiger partial charge on any atom is 0.302 e. The van der Waals surface area contributed by atoms with Gasteiger partial charge in [0.05, 0.1) is 4.90 Å². The molecule has 12 nitrogen and oxygen atoms in total. The lowest BCUT2D eigenvalue weighted by molar-refractivity contribution is -0.133. The summed E-state index contributed by atoms with van der Waals surface area (Å²) in [5.41, 5.74) is 0.0670. The Morgan fingerprint density at radius 2 is 1.74 bits per heavy atom. The first-order valence-electron chi connectivity index (χ1n) is 14.0. The molecule has 3 aromatic heterocycles. The molecule has 0 radical (unpaired) electrons. The fourth-order valence-corrected chi connectivity index (χ4v) is 7.53. The lowest BCUT2D eigenvalue weighted by Gasteiger charge is -2.32. The van der Waals surface area contributed by atoms with Gasteiger partial charge in [0.2, 0.25) is 17.4 Å². The second kappa shape index (κ2) is 12.2. The van der Waals surface area contributed by atoms with Crippen LogP contribution in [0, 0.1) is 5.82 Å². The zero-order valence-electron chi connectivity index (χ0n) is 24.0. The summed E-state index contributed by atoms with van der Waals surface area (Å²) < 4.78 is 32.3. The van der Waals surface area contributed by atoms with Crippen molar-refractivity contribution in [1.82, 2.24) is 37.9 Å². The third-order valence-electron chi connectivity index (χ3n) is 7.92. The molecule has 1 unspecified atom stereocenters. The van der Waals surface area contributed by atoms with Crippen LogP contribution in [0.3, 0.4) is 0 Å². The van der Waals surface area contributed by atoms with Gasteiger partial charge in [-0.2, -0.15) is 0 Å². The Labute approximate surface area is 254 Å². The molecule has 4 aromatic rings. The third-order valence-corrected chi connectivity index (χ3v) is 10.5. The van der Waals surface area contributed by atoms with Gasteiger partial charge in [0.25, 0.3) is 0 Å². The molecule has 43 heavy (non-hydrogen) atoms. The minimum atomic E-state index is -1.52. The van der Waals surface area contributed by atoms with Crippen LogP contribution in [0.2, 0.25) is 0 Å². The molecule has 2 fully saturated rings. The summed E-state index contributed by atoms with van der Waals surface area (Å²) in [6.45, 7) is 5.67. The highest BCUT2D eigenvalue weighted by Gasteiger charge is 2.25. The van der Waals surface area contributed by atoms with E-state index < -0.39 is 28.1 Å². The number of halogens is 1. The normalized spacial score (nSPS) is 18.0. The van der Waals surface area contributed by atoms with Crippen molar-refractivity contribution in [3.05, 3.63) is 63.4 Å². The van der Waals surface area contributed by atoms with Crippen LogP contribution in [0.15, 0.2) is 46.5 Å². The molecule has 2 aliphatic rings. The number of aromatic nitrogens is 4. The first-order chi connectivity index (χ1) is 20.7. The van der Waals surface area contributed by atoms with Crippen molar-refractivity contribution >= 4 is 34.0 Å². The van der Waals surface area contributed by atoms with E-state index in [1.165, 1.54) is 34.1 Å². The number of piperazine rings is 2. The van der Waals surface area contributed by atoms with Crippen molar-refractivity contribution in [1.29, 1.82) is 0 Å². The zero-order chi connectivity index (χ0) is 30.2. The number of likely N-dealkylation sites (N-methyl/N-ethyl adjacent to an activating group) is 2. The van der Waals surface area contributed by atoms with Gasteiger partial charge in [-0.3, -0.25) is 9.59 Å². The minimum Gasteiger partial charge on any atom is -0.501 e. The van der Waals surface area contributed by atoms with Crippen molar-refractivity contribution in [2.75, 3.05) is 66.5 Å². The standard InChI is InChI=1S/C28H33FN8O4S2/c1-32-5-9-34(10-6-32)23(38)18-35-11-14-37-27(40)25(39)24(31-28(35)37)26-30-17-21(42-26)15-19-3-4-20(29)16-22(19)43(41)36-12-7-33(2)8-13-36/h3-4,11,14,16-17,39H,5-10,12-13,15,18H2,1-2H3. The molecule has 15 heteroatoms. The van der Waals surface area contributed by atoms with E-state index in [0.29, 0.717) is 48.1 Å². The smallest absolute Gasteiger partial charge is 0.302 e. The molecule has 6 rings (SSSR count). The molecule has 1 aromatic carbocycles.